The average Bonchev–Trinajstić information content (AvgIpc) is 2.78. The van der Waals surface area contributed by atoms with Gasteiger partial charge in [0.1, 0.15) is 28.7 Å². The molecule has 0 aliphatic carbocycles. The van der Waals surface area contributed by atoms with E-state index in [4.69, 9.17) is 4.74 Å². The fourth-order valence-electron chi connectivity index (χ4n) is 3.60. The Morgan fingerprint density at radius 3 is 1.52 bits per heavy atom. The lowest BCUT2D eigenvalue weighted by molar-refractivity contribution is 0.458. The molecule has 4 aromatic rings. The molecule has 0 heterocycles. The molecule has 5 heteroatoms. The number of phenolic OH excluding ortho intramolecular Hbond substituents is 3. The smallest absolute Gasteiger partial charge is 0.130 e. The molecule has 4 rings (SSSR count). The first-order valence-corrected chi connectivity index (χ1v) is 10.7. The molecule has 0 aromatic heterocycles. The number of phenols is 3. The third kappa shape index (κ3) is 4.58. The van der Waals surface area contributed by atoms with Crippen molar-refractivity contribution in [2.45, 2.75) is 27.7 Å². The Bertz CT molecular complexity index is 1260. The van der Waals surface area contributed by atoms with Gasteiger partial charge in [-0.15, -0.1) is 0 Å². The van der Waals surface area contributed by atoms with Crippen molar-refractivity contribution in [3.05, 3.63) is 95.1 Å². The van der Waals surface area contributed by atoms with Gasteiger partial charge in [0.2, 0.25) is 0 Å². The SMILES string of the molecule is Cc1ccc(N(c2ccc(Oc3cc(C)c(O)cc3C)cc2)c2ccc(C)c(O)c2)cc1O. The molecule has 0 aliphatic rings. The van der Waals surface area contributed by atoms with E-state index in [0.717, 1.165) is 39.3 Å². The van der Waals surface area contributed by atoms with Crippen LogP contribution < -0.4 is 9.64 Å². The van der Waals surface area contributed by atoms with E-state index < -0.39 is 0 Å². The highest BCUT2D eigenvalue weighted by molar-refractivity contribution is 5.78. The van der Waals surface area contributed by atoms with Crippen LogP contribution in [-0.2, 0) is 0 Å². The number of hydrogen-bond donors (Lipinski definition) is 3. The predicted octanol–water partition coefficient (Wildman–Crippen LogP) is 7.30. The van der Waals surface area contributed by atoms with Gasteiger partial charge < -0.3 is 25.0 Å². The van der Waals surface area contributed by atoms with E-state index in [1.165, 1.54) is 0 Å². The number of rotatable bonds is 5. The summed E-state index contributed by atoms with van der Waals surface area (Å²) in [7, 11) is 0. The number of hydrogen-bond acceptors (Lipinski definition) is 5. The third-order valence-electron chi connectivity index (χ3n) is 5.72. The Hall–Kier alpha value is -4.12. The van der Waals surface area contributed by atoms with E-state index in [9.17, 15) is 15.3 Å². The van der Waals surface area contributed by atoms with Crippen molar-refractivity contribution in [3.8, 4) is 28.7 Å². The molecular weight excluding hydrogens is 414 g/mol. The minimum atomic E-state index is 0.201. The minimum Gasteiger partial charge on any atom is -0.508 e. The molecule has 0 spiro atoms. The van der Waals surface area contributed by atoms with E-state index in [2.05, 4.69) is 0 Å². The molecule has 0 saturated heterocycles. The van der Waals surface area contributed by atoms with E-state index in [1.807, 2.05) is 87.2 Å². The maximum absolute atomic E-state index is 10.3. The standard InChI is InChI=1S/C28H27NO4/c1-17-5-7-22(15-26(17)31)29(23-8-6-18(2)27(32)16-23)21-9-11-24(12-10-21)33-28-14-19(3)25(30)13-20(28)4/h5-16,30-32H,1-4H3. The van der Waals surface area contributed by atoms with Gasteiger partial charge in [0.15, 0.2) is 0 Å². The second-order valence-electron chi connectivity index (χ2n) is 8.28. The van der Waals surface area contributed by atoms with Crippen molar-refractivity contribution in [2.24, 2.45) is 0 Å². The monoisotopic (exact) mass is 441 g/mol. The summed E-state index contributed by atoms with van der Waals surface area (Å²) in [5.74, 6) is 1.99. The predicted molar refractivity (Wildman–Crippen MR) is 132 cm³/mol. The Labute approximate surface area is 193 Å². The van der Waals surface area contributed by atoms with Crippen molar-refractivity contribution in [2.75, 3.05) is 4.90 Å². The zero-order chi connectivity index (χ0) is 23.7. The van der Waals surface area contributed by atoms with Crippen molar-refractivity contribution >= 4 is 17.1 Å². The zero-order valence-electron chi connectivity index (χ0n) is 19.1. The summed E-state index contributed by atoms with van der Waals surface area (Å²) < 4.78 is 6.05. The van der Waals surface area contributed by atoms with E-state index in [0.29, 0.717) is 11.5 Å². The van der Waals surface area contributed by atoms with Crippen LogP contribution in [0.1, 0.15) is 22.3 Å². The summed E-state index contributed by atoms with van der Waals surface area (Å²) in [5, 5.41) is 30.5. The maximum atomic E-state index is 10.3. The van der Waals surface area contributed by atoms with Gasteiger partial charge in [0.25, 0.3) is 0 Å². The van der Waals surface area contributed by atoms with Gasteiger partial charge in [-0.1, -0.05) is 12.1 Å². The van der Waals surface area contributed by atoms with E-state index >= 15 is 0 Å². The van der Waals surface area contributed by atoms with Crippen LogP contribution in [0.5, 0.6) is 28.7 Å². The lowest BCUT2D eigenvalue weighted by Gasteiger charge is -2.26. The van der Waals surface area contributed by atoms with Gasteiger partial charge in [-0.2, -0.15) is 0 Å². The second kappa shape index (κ2) is 8.79. The molecule has 0 saturated carbocycles. The summed E-state index contributed by atoms with van der Waals surface area (Å²) in [5.41, 5.74) is 5.53. The molecule has 4 aromatic carbocycles. The van der Waals surface area contributed by atoms with Crippen LogP contribution >= 0.6 is 0 Å². The first-order valence-electron chi connectivity index (χ1n) is 10.7. The van der Waals surface area contributed by atoms with Gasteiger partial charge in [0, 0.05) is 29.2 Å². The van der Waals surface area contributed by atoms with Crippen LogP contribution in [0, 0.1) is 27.7 Å². The molecule has 168 valence electrons. The fourth-order valence-corrected chi connectivity index (χ4v) is 3.60. The van der Waals surface area contributed by atoms with Gasteiger partial charge in [-0.25, -0.2) is 0 Å². The summed E-state index contributed by atoms with van der Waals surface area (Å²) in [6.45, 7) is 7.41. The summed E-state index contributed by atoms with van der Waals surface area (Å²) in [6.07, 6.45) is 0. The van der Waals surface area contributed by atoms with Crippen LogP contribution in [0.2, 0.25) is 0 Å². The Morgan fingerprint density at radius 1 is 0.515 bits per heavy atom. The Balaban J connectivity index is 1.72. The quantitative estimate of drug-likeness (QED) is 0.303. The topological polar surface area (TPSA) is 73.2 Å². The van der Waals surface area contributed by atoms with Crippen LogP contribution in [0.3, 0.4) is 0 Å². The van der Waals surface area contributed by atoms with Crippen LogP contribution in [0.15, 0.2) is 72.8 Å². The summed E-state index contributed by atoms with van der Waals surface area (Å²) in [4.78, 5) is 1.96. The lowest BCUT2D eigenvalue weighted by atomic mass is 10.1. The van der Waals surface area contributed by atoms with E-state index in [1.54, 1.807) is 18.2 Å². The number of nitrogens with zero attached hydrogens (tertiary/aromatic N) is 1. The molecule has 5 nitrogen and oxygen atoms in total. The molecule has 3 N–H and O–H groups in total. The molecule has 0 amide bonds. The Kier molecular flexibility index (Phi) is 5.88. The molecule has 0 radical (unpaired) electrons. The minimum absolute atomic E-state index is 0.201. The average molecular weight is 442 g/mol. The van der Waals surface area contributed by atoms with Gasteiger partial charge in [0.05, 0.1) is 0 Å². The highest BCUT2D eigenvalue weighted by Gasteiger charge is 2.15. The molecule has 33 heavy (non-hydrogen) atoms. The van der Waals surface area contributed by atoms with Crippen LogP contribution in [0.4, 0.5) is 17.1 Å². The van der Waals surface area contributed by atoms with Crippen molar-refractivity contribution in [1.82, 2.24) is 0 Å². The first-order chi connectivity index (χ1) is 15.7. The van der Waals surface area contributed by atoms with Gasteiger partial charge in [-0.05, 0) is 98.5 Å². The summed E-state index contributed by atoms with van der Waals surface area (Å²) >= 11 is 0. The number of aryl methyl sites for hydroxylation is 4. The Morgan fingerprint density at radius 2 is 1.00 bits per heavy atom. The highest BCUT2D eigenvalue weighted by atomic mass is 16.5. The molecular formula is C28H27NO4. The van der Waals surface area contributed by atoms with Gasteiger partial charge in [-0.3, -0.25) is 0 Å². The molecule has 0 bridgehead atoms. The molecule has 0 atom stereocenters. The second-order valence-corrected chi connectivity index (χ2v) is 8.28. The third-order valence-corrected chi connectivity index (χ3v) is 5.72. The summed E-state index contributed by atoms with van der Waals surface area (Å²) in [6, 6.07) is 22.1. The number of benzene rings is 4. The zero-order valence-corrected chi connectivity index (χ0v) is 19.1. The number of aromatic hydroxyl groups is 3. The normalized spacial score (nSPS) is 10.8. The maximum Gasteiger partial charge on any atom is 0.130 e. The number of ether oxygens (including phenoxy) is 1. The fraction of sp³-hybridized carbons (Fsp3) is 0.143. The van der Waals surface area contributed by atoms with Gasteiger partial charge >= 0.3 is 0 Å². The molecule has 0 unspecified atom stereocenters. The van der Waals surface area contributed by atoms with Crippen molar-refractivity contribution in [1.29, 1.82) is 0 Å². The molecule has 0 fully saturated rings. The molecule has 0 aliphatic heterocycles. The van der Waals surface area contributed by atoms with Crippen LogP contribution in [0.25, 0.3) is 0 Å². The van der Waals surface area contributed by atoms with Crippen molar-refractivity contribution < 1.29 is 20.1 Å². The van der Waals surface area contributed by atoms with E-state index in [-0.39, 0.29) is 17.2 Å². The number of anilines is 3. The van der Waals surface area contributed by atoms with Crippen molar-refractivity contribution in [3.63, 3.8) is 0 Å². The van der Waals surface area contributed by atoms with Crippen LogP contribution in [-0.4, -0.2) is 15.3 Å². The lowest BCUT2D eigenvalue weighted by Crippen LogP contribution is -2.10. The largest absolute Gasteiger partial charge is 0.508 e. The first kappa shape index (κ1) is 22.1. The highest BCUT2D eigenvalue weighted by Crippen LogP contribution is 2.39.